The second kappa shape index (κ2) is 7.34. The van der Waals surface area contributed by atoms with Gasteiger partial charge in [0.1, 0.15) is 6.29 Å². The molecular formula is C15H26O2S. The van der Waals surface area contributed by atoms with Gasteiger partial charge in [0.2, 0.25) is 0 Å². The number of hydrogen-bond donors (Lipinski definition) is 1. The molecule has 1 N–H and O–H groups in total. The molecule has 0 spiro atoms. The van der Waals surface area contributed by atoms with E-state index in [-0.39, 0.29) is 6.61 Å². The van der Waals surface area contributed by atoms with E-state index in [1.165, 1.54) is 0 Å². The van der Waals surface area contributed by atoms with Crippen LogP contribution in [-0.4, -0.2) is 29.0 Å². The van der Waals surface area contributed by atoms with Crippen molar-refractivity contribution >= 4 is 18.0 Å². The third kappa shape index (κ3) is 4.43. The van der Waals surface area contributed by atoms with Crippen molar-refractivity contribution in [3.8, 4) is 0 Å². The van der Waals surface area contributed by atoms with Gasteiger partial charge in [-0.05, 0) is 30.1 Å². The van der Waals surface area contributed by atoms with Gasteiger partial charge in [0, 0.05) is 17.4 Å². The fourth-order valence-electron chi connectivity index (χ4n) is 2.96. The number of aliphatic hydroxyl groups is 1. The topological polar surface area (TPSA) is 37.3 Å². The number of aldehydes is 1. The predicted octanol–water partition coefficient (Wildman–Crippen LogP) is 3.30. The smallest absolute Gasteiger partial charge is 0.121 e. The van der Waals surface area contributed by atoms with E-state index in [0.717, 1.165) is 24.9 Å². The first-order valence-electron chi connectivity index (χ1n) is 6.84. The molecular weight excluding hydrogens is 244 g/mol. The number of thioether (sulfide) groups is 1. The molecule has 0 amide bonds. The van der Waals surface area contributed by atoms with Crippen molar-refractivity contribution in [2.75, 3.05) is 12.4 Å². The molecule has 0 radical (unpaired) electrons. The lowest BCUT2D eigenvalue weighted by Gasteiger charge is -2.41. The molecule has 1 rings (SSSR count). The normalized spacial score (nSPS) is 28.0. The number of rotatable bonds is 7. The maximum atomic E-state index is 10.8. The molecule has 0 aromatic heterocycles. The molecule has 3 unspecified atom stereocenters. The van der Waals surface area contributed by atoms with E-state index in [1.807, 2.05) is 0 Å². The molecule has 0 saturated carbocycles. The van der Waals surface area contributed by atoms with E-state index in [4.69, 9.17) is 5.11 Å². The third-order valence-corrected chi connectivity index (χ3v) is 5.32. The minimum absolute atomic E-state index is 0.198. The summed E-state index contributed by atoms with van der Waals surface area (Å²) in [5, 5.41) is 9.28. The Kier molecular flexibility index (Phi) is 6.44. The molecule has 0 saturated heterocycles. The first-order valence-corrected chi connectivity index (χ1v) is 7.89. The fraction of sp³-hybridized carbons (Fsp3) is 0.800. The van der Waals surface area contributed by atoms with Crippen molar-refractivity contribution in [1.29, 1.82) is 0 Å². The van der Waals surface area contributed by atoms with Crippen LogP contribution < -0.4 is 0 Å². The van der Waals surface area contributed by atoms with Gasteiger partial charge < -0.3 is 9.90 Å². The summed E-state index contributed by atoms with van der Waals surface area (Å²) >= 11 is 1.74. The van der Waals surface area contributed by atoms with E-state index < -0.39 is 0 Å². The summed E-state index contributed by atoms with van der Waals surface area (Å²) in [5.74, 6) is 1.94. The Bertz CT molecular complexity index is 286. The van der Waals surface area contributed by atoms with Crippen LogP contribution in [-0.2, 0) is 4.79 Å². The summed E-state index contributed by atoms with van der Waals surface area (Å²) in [7, 11) is 0. The molecule has 1 aliphatic rings. The molecule has 104 valence electrons. The van der Waals surface area contributed by atoms with Crippen molar-refractivity contribution < 1.29 is 9.90 Å². The van der Waals surface area contributed by atoms with Crippen molar-refractivity contribution in [1.82, 2.24) is 0 Å². The van der Waals surface area contributed by atoms with E-state index in [1.54, 1.807) is 11.8 Å². The molecule has 0 heterocycles. The Labute approximate surface area is 115 Å². The van der Waals surface area contributed by atoms with E-state index in [2.05, 4.69) is 32.9 Å². The Balaban J connectivity index is 2.65. The summed E-state index contributed by atoms with van der Waals surface area (Å²) in [5.41, 5.74) is 0.315. The quantitative estimate of drug-likeness (QED) is 0.570. The summed E-state index contributed by atoms with van der Waals surface area (Å²) in [6, 6.07) is 0. The van der Waals surface area contributed by atoms with Crippen molar-refractivity contribution in [3.63, 3.8) is 0 Å². The maximum Gasteiger partial charge on any atom is 0.121 e. The van der Waals surface area contributed by atoms with Gasteiger partial charge in [-0.2, -0.15) is 11.8 Å². The van der Waals surface area contributed by atoms with Gasteiger partial charge in [-0.3, -0.25) is 0 Å². The Morgan fingerprint density at radius 3 is 2.83 bits per heavy atom. The first kappa shape index (κ1) is 15.8. The van der Waals surface area contributed by atoms with Gasteiger partial charge >= 0.3 is 0 Å². The first-order chi connectivity index (χ1) is 8.51. The molecule has 0 aromatic carbocycles. The number of aliphatic hydroxyl groups excluding tert-OH is 1. The largest absolute Gasteiger partial charge is 0.396 e. The second-order valence-corrected chi connectivity index (χ2v) is 7.35. The lowest BCUT2D eigenvalue weighted by Crippen LogP contribution is -2.33. The second-order valence-electron chi connectivity index (χ2n) is 5.94. The molecule has 0 aliphatic heterocycles. The Morgan fingerprint density at radius 1 is 1.56 bits per heavy atom. The van der Waals surface area contributed by atoms with Crippen LogP contribution in [0.4, 0.5) is 0 Å². The highest BCUT2D eigenvalue weighted by Gasteiger charge is 2.35. The Morgan fingerprint density at radius 2 is 2.28 bits per heavy atom. The highest BCUT2D eigenvalue weighted by Crippen LogP contribution is 2.44. The van der Waals surface area contributed by atoms with Crippen molar-refractivity contribution in [2.24, 2.45) is 17.3 Å². The maximum absolute atomic E-state index is 10.8. The molecule has 0 bridgehead atoms. The highest BCUT2D eigenvalue weighted by atomic mass is 32.2. The molecule has 0 aromatic rings. The molecule has 1 aliphatic carbocycles. The number of carbonyl (C=O) groups is 1. The number of carbonyl (C=O) groups excluding carboxylic acids is 1. The summed E-state index contributed by atoms with van der Waals surface area (Å²) in [4.78, 5) is 10.8. The van der Waals surface area contributed by atoms with Crippen LogP contribution in [0.3, 0.4) is 0 Å². The van der Waals surface area contributed by atoms with Crippen LogP contribution in [0.2, 0.25) is 0 Å². The lowest BCUT2D eigenvalue weighted by molar-refractivity contribution is -0.107. The van der Waals surface area contributed by atoms with E-state index in [0.29, 0.717) is 28.9 Å². The lowest BCUT2D eigenvalue weighted by atomic mass is 9.65. The summed E-state index contributed by atoms with van der Waals surface area (Å²) < 4.78 is 0. The minimum Gasteiger partial charge on any atom is -0.396 e. The molecule has 3 atom stereocenters. The monoisotopic (exact) mass is 270 g/mol. The molecule has 18 heavy (non-hydrogen) atoms. The van der Waals surface area contributed by atoms with Gasteiger partial charge in [-0.15, -0.1) is 0 Å². The molecule has 3 heteroatoms. The standard InChI is InChI=1S/C15H26O2S/c1-12-5-4-7-15(2,3)14(12)11-13(6-8-16)18-10-9-17/h4-5,8,12-14,17H,6-7,9-11H2,1-3H3. The van der Waals surface area contributed by atoms with Crippen LogP contribution in [0.1, 0.15) is 40.0 Å². The molecule has 2 nitrogen and oxygen atoms in total. The zero-order chi connectivity index (χ0) is 13.6. The van der Waals surface area contributed by atoms with Gasteiger partial charge in [0.15, 0.2) is 0 Å². The molecule has 0 fully saturated rings. The SMILES string of the molecule is CC1C=CCC(C)(C)C1CC(CC=O)SCCO. The average molecular weight is 270 g/mol. The van der Waals surface area contributed by atoms with Gasteiger partial charge in [0.05, 0.1) is 6.61 Å². The predicted molar refractivity (Wildman–Crippen MR) is 78.8 cm³/mol. The van der Waals surface area contributed by atoms with Crippen LogP contribution in [0.5, 0.6) is 0 Å². The zero-order valence-electron chi connectivity index (χ0n) is 11.8. The summed E-state index contributed by atoms with van der Waals surface area (Å²) in [6.45, 7) is 7.12. The van der Waals surface area contributed by atoms with Gasteiger partial charge in [0.25, 0.3) is 0 Å². The van der Waals surface area contributed by atoms with Gasteiger partial charge in [-0.1, -0.05) is 32.9 Å². The average Bonchev–Trinajstić information content (AvgIpc) is 2.30. The van der Waals surface area contributed by atoms with Crippen LogP contribution in [0.15, 0.2) is 12.2 Å². The summed E-state index contributed by atoms with van der Waals surface area (Å²) in [6.07, 6.45) is 8.42. The van der Waals surface area contributed by atoms with Gasteiger partial charge in [-0.25, -0.2) is 0 Å². The number of hydrogen-bond acceptors (Lipinski definition) is 3. The van der Waals surface area contributed by atoms with E-state index >= 15 is 0 Å². The number of allylic oxidation sites excluding steroid dienone is 2. The zero-order valence-corrected chi connectivity index (χ0v) is 12.6. The minimum atomic E-state index is 0.198. The third-order valence-electron chi connectivity index (χ3n) is 4.04. The van der Waals surface area contributed by atoms with Crippen molar-refractivity contribution in [3.05, 3.63) is 12.2 Å². The Hall–Kier alpha value is -0.280. The van der Waals surface area contributed by atoms with Crippen molar-refractivity contribution in [2.45, 2.75) is 45.3 Å². The van der Waals surface area contributed by atoms with E-state index in [9.17, 15) is 4.79 Å². The van der Waals surface area contributed by atoms with Crippen LogP contribution in [0.25, 0.3) is 0 Å². The van der Waals surface area contributed by atoms with Crippen LogP contribution in [0, 0.1) is 17.3 Å². The fourth-order valence-corrected chi connectivity index (χ4v) is 3.96. The van der Waals surface area contributed by atoms with Crippen LogP contribution >= 0.6 is 11.8 Å². The highest BCUT2D eigenvalue weighted by molar-refractivity contribution is 7.99.